The number of benzene rings is 1. The lowest BCUT2D eigenvalue weighted by Gasteiger charge is -2.32. The lowest BCUT2D eigenvalue weighted by atomic mass is 10.1. The van der Waals surface area contributed by atoms with Gasteiger partial charge in [-0.3, -0.25) is 4.90 Å². The standard InChI is InChI=1S/C19H21N5O4/c25-18(22-15-4-1-2-5-16(15)24-12-13-27-19(24)26)23-10-6-14(7-11-23)28-17-20-8-3-9-21-17/h1-5,8-9,14H,6-7,10-13H2,(H,22,25). The second-order valence-corrected chi connectivity index (χ2v) is 6.55. The minimum atomic E-state index is -0.400. The van der Waals surface area contributed by atoms with Crippen LogP contribution in [-0.2, 0) is 4.74 Å². The van der Waals surface area contributed by atoms with E-state index in [2.05, 4.69) is 15.3 Å². The van der Waals surface area contributed by atoms with E-state index in [9.17, 15) is 9.59 Å². The zero-order valence-electron chi connectivity index (χ0n) is 15.3. The third-order valence-electron chi connectivity index (χ3n) is 4.74. The first-order valence-electron chi connectivity index (χ1n) is 9.23. The number of hydrogen-bond acceptors (Lipinski definition) is 6. The van der Waals surface area contributed by atoms with Gasteiger partial charge < -0.3 is 19.7 Å². The van der Waals surface area contributed by atoms with Gasteiger partial charge in [-0.2, -0.15) is 0 Å². The van der Waals surface area contributed by atoms with Crippen LogP contribution in [-0.4, -0.2) is 59.3 Å². The van der Waals surface area contributed by atoms with Crippen molar-refractivity contribution in [3.63, 3.8) is 0 Å². The highest BCUT2D eigenvalue weighted by Crippen LogP contribution is 2.28. The van der Waals surface area contributed by atoms with Gasteiger partial charge in [-0.25, -0.2) is 19.6 Å². The van der Waals surface area contributed by atoms with Crippen LogP contribution in [0.4, 0.5) is 21.0 Å². The third kappa shape index (κ3) is 3.98. The Hall–Kier alpha value is -3.36. The molecule has 2 aliphatic heterocycles. The van der Waals surface area contributed by atoms with E-state index in [-0.39, 0.29) is 12.1 Å². The molecular formula is C19H21N5O4. The summed E-state index contributed by atoms with van der Waals surface area (Å²) in [6, 6.07) is 9.11. The number of piperidine rings is 1. The zero-order chi connectivity index (χ0) is 19.3. The second kappa shape index (κ2) is 8.12. The number of nitrogens with one attached hydrogen (secondary N) is 1. The Kier molecular flexibility index (Phi) is 5.22. The van der Waals surface area contributed by atoms with Gasteiger partial charge in [0.05, 0.1) is 17.9 Å². The van der Waals surface area contributed by atoms with Crippen molar-refractivity contribution >= 4 is 23.5 Å². The smallest absolute Gasteiger partial charge is 0.414 e. The number of cyclic esters (lactones) is 1. The number of hydrogen-bond donors (Lipinski definition) is 1. The molecule has 9 heteroatoms. The van der Waals surface area contributed by atoms with E-state index in [0.29, 0.717) is 56.5 Å². The number of amides is 3. The van der Waals surface area contributed by atoms with Crippen LogP contribution in [0.1, 0.15) is 12.8 Å². The molecule has 3 amide bonds. The van der Waals surface area contributed by atoms with E-state index in [0.717, 1.165) is 0 Å². The molecule has 0 aliphatic carbocycles. The number of nitrogens with zero attached hydrogens (tertiary/aromatic N) is 4. The molecular weight excluding hydrogens is 362 g/mol. The lowest BCUT2D eigenvalue weighted by Crippen LogP contribution is -2.44. The van der Waals surface area contributed by atoms with Gasteiger partial charge in [-0.05, 0) is 18.2 Å². The summed E-state index contributed by atoms with van der Waals surface area (Å²) in [7, 11) is 0. The van der Waals surface area contributed by atoms with Gasteiger partial charge in [0.1, 0.15) is 12.7 Å². The molecule has 146 valence electrons. The molecule has 2 aliphatic rings. The molecule has 4 rings (SSSR count). The number of ether oxygens (including phenoxy) is 2. The summed E-state index contributed by atoms with van der Waals surface area (Å²) < 4.78 is 10.8. The summed E-state index contributed by atoms with van der Waals surface area (Å²) in [4.78, 5) is 36.0. The Morgan fingerprint density at radius 2 is 1.86 bits per heavy atom. The molecule has 1 N–H and O–H groups in total. The lowest BCUT2D eigenvalue weighted by molar-refractivity contribution is 0.107. The Labute approximate surface area is 162 Å². The molecule has 28 heavy (non-hydrogen) atoms. The SMILES string of the molecule is O=C(Nc1ccccc1N1CCOC1=O)N1CCC(Oc2ncccn2)CC1. The number of urea groups is 1. The topological polar surface area (TPSA) is 96.9 Å². The van der Waals surface area contributed by atoms with Gasteiger partial charge in [0.2, 0.25) is 0 Å². The maximum Gasteiger partial charge on any atom is 0.414 e. The van der Waals surface area contributed by atoms with Gasteiger partial charge in [-0.15, -0.1) is 0 Å². The van der Waals surface area contributed by atoms with Crippen LogP contribution in [0.2, 0.25) is 0 Å². The highest BCUT2D eigenvalue weighted by atomic mass is 16.6. The average Bonchev–Trinajstić information content (AvgIpc) is 3.15. The number of carbonyl (C=O) groups excluding carboxylic acids is 2. The van der Waals surface area contributed by atoms with Crippen molar-refractivity contribution in [3.8, 4) is 6.01 Å². The van der Waals surface area contributed by atoms with Crippen LogP contribution < -0.4 is 15.0 Å². The number of anilines is 2. The number of likely N-dealkylation sites (tertiary alicyclic amines) is 1. The van der Waals surface area contributed by atoms with Gasteiger partial charge in [0.15, 0.2) is 0 Å². The first-order chi connectivity index (χ1) is 13.7. The predicted octanol–water partition coefficient (Wildman–Crippen LogP) is 2.51. The fourth-order valence-electron chi connectivity index (χ4n) is 3.29. The summed E-state index contributed by atoms with van der Waals surface area (Å²) in [5.41, 5.74) is 1.22. The molecule has 1 aromatic carbocycles. The van der Waals surface area contributed by atoms with Gasteiger partial charge >= 0.3 is 18.1 Å². The van der Waals surface area contributed by atoms with Crippen LogP contribution in [0.25, 0.3) is 0 Å². The Bertz CT molecular complexity index is 839. The number of rotatable bonds is 4. The maximum absolute atomic E-state index is 12.7. The van der Waals surface area contributed by atoms with Crippen LogP contribution >= 0.6 is 0 Å². The second-order valence-electron chi connectivity index (χ2n) is 6.55. The molecule has 2 saturated heterocycles. The fraction of sp³-hybridized carbons (Fsp3) is 0.368. The summed E-state index contributed by atoms with van der Waals surface area (Å²) in [6.07, 6.45) is 4.26. The quantitative estimate of drug-likeness (QED) is 0.871. The van der Waals surface area contributed by atoms with E-state index >= 15 is 0 Å². The highest BCUT2D eigenvalue weighted by Gasteiger charge is 2.28. The van der Waals surface area contributed by atoms with E-state index in [1.807, 2.05) is 12.1 Å². The summed E-state index contributed by atoms with van der Waals surface area (Å²) >= 11 is 0. The minimum absolute atomic E-state index is 0.0156. The van der Waals surface area contributed by atoms with Crippen molar-refractivity contribution in [3.05, 3.63) is 42.7 Å². The Morgan fingerprint density at radius 3 is 2.57 bits per heavy atom. The summed E-state index contributed by atoms with van der Waals surface area (Å²) in [5, 5.41) is 2.91. The van der Waals surface area contributed by atoms with Crippen molar-refractivity contribution in [1.29, 1.82) is 0 Å². The largest absolute Gasteiger partial charge is 0.460 e. The zero-order valence-corrected chi connectivity index (χ0v) is 15.3. The van der Waals surface area contributed by atoms with Crippen LogP contribution in [0.5, 0.6) is 6.01 Å². The Balaban J connectivity index is 1.35. The first-order valence-corrected chi connectivity index (χ1v) is 9.23. The normalized spacial score (nSPS) is 17.4. The maximum atomic E-state index is 12.7. The van der Waals surface area contributed by atoms with Gasteiger partial charge in [0, 0.05) is 38.3 Å². The molecule has 0 bridgehead atoms. The molecule has 0 atom stereocenters. The minimum Gasteiger partial charge on any atom is -0.460 e. The molecule has 0 unspecified atom stereocenters. The molecule has 2 aromatic rings. The number of para-hydroxylation sites is 2. The van der Waals surface area contributed by atoms with Crippen molar-refractivity contribution in [2.24, 2.45) is 0 Å². The monoisotopic (exact) mass is 383 g/mol. The van der Waals surface area contributed by atoms with E-state index < -0.39 is 6.09 Å². The predicted molar refractivity (Wildman–Crippen MR) is 101 cm³/mol. The summed E-state index contributed by atoms with van der Waals surface area (Å²) in [5.74, 6) is 0. The molecule has 2 fully saturated rings. The first kappa shape index (κ1) is 18.0. The highest BCUT2D eigenvalue weighted by molar-refractivity contribution is 5.99. The van der Waals surface area contributed by atoms with Crippen LogP contribution in [0.15, 0.2) is 42.7 Å². The molecule has 1 aromatic heterocycles. The number of aromatic nitrogens is 2. The van der Waals surface area contributed by atoms with Crippen molar-refractivity contribution in [2.45, 2.75) is 18.9 Å². The molecule has 0 spiro atoms. The van der Waals surface area contributed by atoms with Gasteiger partial charge in [-0.1, -0.05) is 12.1 Å². The Morgan fingerprint density at radius 1 is 1.11 bits per heavy atom. The van der Waals surface area contributed by atoms with E-state index in [1.165, 1.54) is 4.90 Å². The number of carbonyl (C=O) groups is 2. The third-order valence-corrected chi connectivity index (χ3v) is 4.74. The van der Waals surface area contributed by atoms with Gasteiger partial charge in [0.25, 0.3) is 0 Å². The summed E-state index contributed by atoms with van der Waals surface area (Å²) in [6.45, 7) is 1.95. The van der Waals surface area contributed by atoms with Crippen molar-refractivity contribution < 1.29 is 19.1 Å². The van der Waals surface area contributed by atoms with Crippen LogP contribution in [0, 0.1) is 0 Å². The molecule has 9 nitrogen and oxygen atoms in total. The molecule has 0 radical (unpaired) electrons. The molecule has 3 heterocycles. The average molecular weight is 383 g/mol. The van der Waals surface area contributed by atoms with Crippen molar-refractivity contribution in [2.75, 3.05) is 36.5 Å². The van der Waals surface area contributed by atoms with Crippen LogP contribution in [0.3, 0.4) is 0 Å². The fourth-order valence-corrected chi connectivity index (χ4v) is 3.29. The van der Waals surface area contributed by atoms with E-state index in [1.54, 1.807) is 35.5 Å². The van der Waals surface area contributed by atoms with Crippen molar-refractivity contribution in [1.82, 2.24) is 14.9 Å². The molecule has 0 saturated carbocycles. The van der Waals surface area contributed by atoms with E-state index in [4.69, 9.17) is 9.47 Å².